The van der Waals surface area contributed by atoms with Gasteiger partial charge in [0, 0.05) is 22.8 Å². The Morgan fingerprint density at radius 3 is 2.50 bits per heavy atom. The molecule has 5 heteroatoms. The number of aromatic carboxylic acids is 1. The number of benzene rings is 1. The summed E-state index contributed by atoms with van der Waals surface area (Å²) in [5.41, 5.74) is 0.598. The number of carbonyl (C=O) groups is 2. The molecule has 0 aliphatic carbocycles. The Hall–Kier alpha value is -1.00. The van der Waals surface area contributed by atoms with Crippen molar-refractivity contribution in [2.45, 2.75) is 11.3 Å². The Labute approximate surface area is 103 Å². The Balaban J connectivity index is 3.24. The van der Waals surface area contributed by atoms with Crippen molar-refractivity contribution >= 4 is 35.1 Å². The van der Waals surface area contributed by atoms with Gasteiger partial charge in [-0.3, -0.25) is 4.79 Å². The molecule has 0 bridgehead atoms. The second-order valence-corrected chi connectivity index (χ2v) is 4.25. The number of carboxylic acid groups (broad SMARTS) is 1. The van der Waals surface area contributed by atoms with E-state index in [-0.39, 0.29) is 23.6 Å². The molecule has 0 aliphatic heterocycles. The Kier molecular flexibility index (Phi) is 4.83. The molecule has 1 aromatic rings. The maximum atomic E-state index is 11.7. The van der Waals surface area contributed by atoms with E-state index in [2.05, 4.69) is 0 Å². The molecular formula is C11H11ClO3S. The van der Waals surface area contributed by atoms with Crippen LogP contribution in [-0.2, 0) is 0 Å². The van der Waals surface area contributed by atoms with Crippen LogP contribution in [0.5, 0.6) is 0 Å². The molecule has 1 N–H and O–H groups in total. The predicted octanol–water partition coefficient (Wildman–Crippen LogP) is 2.92. The van der Waals surface area contributed by atoms with Gasteiger partial charge in [0.2, 0.25) is 0 Å². The van der Waals surface area contributed by atoms with Gasteiger partial charge < -0.3 is 5.11 Å². The van der Waals surface area contributed by atoms with Crippen molar-refractivity contribution < 1.29 is 14.7 Å². The van der Waals surface area contributed by atoms with Gasteiger partial charge in [0.25, 0.3) is 0 Å². The number of ketones is 1. The maximum Gasteiger partial charge on any atom is 0.336 e. The fourth-order valence-electron chi connectivity index (χ4n) is 1.37. The molecule has 0 unspecified atom stereocenters. The number of hydrogen-bond donors (Lipinski definition) is 1. The predicted molar refractivity (Wildman–Crippen MR) is 64.8 cm³/mol. The van der Waals surface area contributed by atoms with E-state index in [1.165, 1.54) is 17.8 Å². The van der Waals surface area contributed by atoms with Crippen LogP contribution in [0.4, 0.5) is 0 Å². The van der Waals surface area contributed by atoms with Crippen LogP contribution in [0.2, 0.25) is 0 Å². The van der Waals surface area contributed by atoms with Gasteiger partial charge >= 0.3 is 5.97 Å². The topological polar surface area (TPSA) is 54.4 Å². The number of hydrogen-bond acceptors (Lipinski definition) is 3. The standard InChI is InChI=1S/C11H11ClO3S/c1-16-10-7(9(13)5-6-12)3-2-4-8(10)11(14)15/h2-4H,5-6H2,1H3,(H,14,15). The molecule has 0 saturated carbocycles. The highest BCUT2D eigenvalue weighted by atomic mass is 35.5. The summed E-state index contributed by atoms with van der Waals surface area (Å²) in [4.78, 5) is 23.2. The lowest BCUT2D eigenvalue weighted by Gasteiger charge is -2.08. The lowest BCUT2D eigenvalue weighted by Crippen LogP contribution is -2.07. The molecular weight excluding hydrogens is 248 g/mol. The van der Waals surface area contributed by atoms with E-state index in [4.69, 9.17) is 16.7 Å². The van der Waals surface area contributed by atoms with Crippen molar-refractivity contribution in [3.63, 3.8) is 0 Å². The van der Waals surface area contributed by atoms with Crippen LogP contribution in [0.15, 0.2) is 23.1 Å². The molecule has 1 aromatic carbocycles. The highest BCUT2D eigenvalue weighted by molar-refractivity contribution is 7.98. The minimum Gasteiger partial charge on any atom is -0.478 e. The minimum absolute atomic E-state index is 0.123. The summed E-state index contributed by atoms with van der Waals surface area (Å²) in [7, 11) is 0. The van der Waals surface area contributed by atoms with Gasteiger partial charge in [-0.15, -0.1) is 23.4 Å². The molecule has 0 aromatic heterocycles. The summed E-state index contributed by atoms with van der Waals surface area (Å²) < 4.78 is 0. The van der Waals surface area contributed by atoms with Gasteiger partial charge in [-0.1, -0.05) is 12.1 Å². The molecule has 0 amide bonds. The monoisotopic (exact) mass is 258 g/mol. The summed E-state index contributed by atoms with van der Waals surface area (Å²) in [5, 5.41) is 8.98. The summed E-state index contributed by atoms with van der Waals surface area (Å²) in [6.45, 7) is 0. The van der Waals surface area contributed by atoms with Crippen LogP contribution < -0.4 is 0 Å². The van der Waals surface area contributed by atoms with Gasteiger partial charge in [0.05, 0.1) is 5.56 Å². The fourth-order valence-corrected chi connectivity index (χ4v) is 2.31. The average Bonchev–Trinajstić information content (AvgIpc) is 2.28. The van der Waals surface area contributed by atoms with E-state index in [1.807, 2.05) is 0 Å². The molecule has 3 nitrogen and oxygen atoms in total. The highest BCUT2D eigenvalue weighted by Crippen LogP contribution is 2.26. The van der Waals surface area contributed by atoms with E-state index in [0.29, 0.717) is 10.5 Å². The van der Waals surface area contributed by atoms with Crippen LogP contribution in [0, 0.1) is 0 Å². The van der Waals surface area contributed by atoms with Crippen LogP contribution in [0.25, 0.3) is 0 Å². The van der Waals surface area contributed by atoms with Crippen molar-refractivity contribution in [1.29, 1.82) is 0 Å². The zero-order valence-electron chi connectivity index (χ0n) is 8.70. The normalized spacial score (nSPS) is 10.1. The number of Topliss-reactive ketones (excluding diaryl/α,β-unsaturated/α-hetero) is 1. The molecule has 0 radical (unpaired) electrons. The van der Waals surface area contributed by atoms with E-state index in [1.54, 1.807) is 18.4 Å². The average molecular weight is 259 g/mol. The Bertz CT molecular complexity index is 418. The molecule has 0 spiro atoms. The number of carboxylic acids is 1. The number of alkyl halides is 1. The largest absolute Gasteiger partial charge is 0.478 e. The van der Waals surface area contributed by atoms with Gasteiger partial charge in [-0.25, -0.2) is 4.79 Å². The van der Waals surface area contributed by atoms with Crippen LogP contribution in [0.3, 0.4) is 0 Å². The third kappa shape index (κ3) is 2.77. The first-order valence-electron chi connectivity index (χ1n) is 4.61. The third-order valence-electron chi connectivity index (χ3n) is 2.07. The van der Waals surface area contributed by atoms with Crippen LogP contribution in [-0.4, -0.2) is 29.0 Å². The third-order valence-corrected chi connectivity index (χ3v) is 3.11. The van der Waals surface area contributed by atoms with E-state index in [9.17, 15) is 9.59 Å². The lowest BCUT2D eigenvalue weighted by atomic mass is 10.1. The van der Waals surface area contributed by atoms with Gasteiger partial charge in [-0.2, -0.15) is 0 Å². The molecule has 0 fully saturated rings. The van der Waals surface area contributed by atoms with Gasteiger partial charge in [0.1, 0.15) is 0 Å². The van der Waals surface area contributed by atoms with Crippen molar-refractivity contribution in [2.75, 3.05) is 12.1 Å². The van der Waals surface area contributed by atoms with E-state index >= 15 is 0 Å². The lowest BCUT2D eigenvalue weighted by molar-refractivity contribution is 0.0693. The molecule has 0 aliphatic rings. The first-order valence-corrected chi connectivity index (χ1v) is 6.37. The minimum atomic E-state index is -1.02. The highest BCUT2D eigenvalue weighted by Gasteiger charge is 2.17. The number of carbonyl (C=O) groups excluding carboxylic acids is 1. The summed E-state index contributed by atoms with van der Waals surface area (Å²) in [6.07, 6.45) is 1.97. The molecule has 0 saturated heterocycles. The van der Waals surface area contributed by atoms with Crippen molar-refractivity contribution in [2.24, 2.45) is 0 Å². The van der Waals surface area contributed by atoms with E-state index < -0.39 is 5.97 Å². The molecule has 0 heterocycles. The van der Waals surface area contributed by atoms with Gasteiger partial charge in [-0.05, 0) is 12.3 Å². The number of halogens is 1. The second kappa shape index (κ2) is 5.92. The number of rotatable bonds is 5. The Morgan fingerprint density at radius 2 is 2.00 bits per heavy atom. The molecule has 0 atom stereocenters. The molecule has 86 valence electrons. The van der Waals surface area contributed by atoms with Crippen molar-refractivity contribution in [1.82, 2.24) is 0 Å². The molecule has 16 heavy (non-hydrogen) atoms. The molecule has 1 rings (SSSR count). The second-order valence-electron chi connectivity index (χ2n) is 3.05. The quantitative estimate of drug-likeness (QED) is 0.501. The van der Waals surface area contributed by atoms with Crippen molar-refractivity contribution in [3.05, 3.63) is 29.3 Å². The van der Waals surface area contributed by atoms with Crippen LogP contribution >= 0.6 is 23.4 Å². The Morgan fingerprint density at radius 1 is 1.38 bits per heavy atom. The van der Waals surface area contributed by atoms with E-state index in [0.717, 1.165) is 0 Å². The number of thioether (sulfide) groups is 1. The van der Waals surface area contributed by atoms with Crippen molar-refractivity contribution in [3.8, 4) is 0 Å². The first kappa shape index (κ1) is 13.1. The first-order chi connectivity index (χ1) is 7.61. The SMILES string of the molecule is CSc1c(C(=O)O)cccc1C(=O)CCCl. The summed E-state index contributed by atoms with van der Waals surface area (Å²) in [5.74, 6) is -0.906. The fraction of sp³-hybridized carbons (Fsp3) is 0.273. The maximum absolute atomic E-state index is 11.7. The smallest absolute Gasteiger partial charge is 0.336 e. The summed E-state index contributed by atoms with van der Waals surface area (Å²) in [6, 6.07) is 4.70. The van der Waals surface area contributed by atoms with Gasteiger partial charge in [0.15, 0.2) is 5.78 Å². The zero-order valence-corrected chi connectivity index (χ0v) is 10.3. The van der Waals surface area contributed by atoms with Crippen LogP contribution in [0.1, 0.15) is 27.1 Å². The zero-order chi connectivity index (χ0) is 12.1. The summed E-state index contributed by atoms with van der Waals surface area (Å²) >= 11 is 6.76.